The molecule has 1 saturated heterocycles. The maximum atomic E-state index is 12.8. The molecule has 0 aromatic heterocycles. The van der Waals surface area contributed by atoms with E-state index in [4.69, 9.17) is 30.5 Å². The molecule has 1 aliphatic heterocycles. The van der Waals surface area contributed by atoms with Gasteiger partial charge in [-0.2, -0.15) is 0 Å². The molecule has 5 atom stereocenters. The molecule has 0 spiro atoms. The Kier molecular flexibility index (Phi) is 9.91. The van der Waals surface area contributed by atoms with E-state index in [9.17, 15) is 19.8 Å². The van der Waals surface area contributed by atoms with Crippen LogP contribution in [0.15, 0.2) is 42.5 Å². The first-order valence-electron chi connectivity index (χ1n) is 11.4. The molecule has 2 aromatic rings. The van der Waals surface area contributed by atoms with E-state index in [-0.39, 0.29) is 17.1 Å². The van der Waals surface area contributed by atoms with Crippen LogP contribution in [0, 0.1) is 0 Å². The fraction of sp³-hybridized carbons (Fsp3) is 0.440. The SMILES string of the molecule is COc1cc(C(=O)NC[C@H]2O[C@H](OC)[C@H](NC(C)=O)[C@@H](O)[C@@H]2O)cc(Cl)c1OCCc1ccccc1. The van der Waals surface area contributed by atoms with E-state index in [2.05, 4.69) is 10.6 Å². The van der Waals surface area contributed by atoms with Gasteiger partial charge in [-0.15, -0.1) is 0 Å². The van der Waals surface area contributed by atoms with Gasteiger partial charge in [-0.1, -0.05) is 41.9 Å². The molecule has 0 bridgehead atoms. The number of carbonyl (C=O) groups is 2. The van der Waals surface area contributed by atoms with E-state index in [1.54, 1.807) is 0 Å². The zero-order chi connectivity index (χ0) is 26.2. The molecule has 0 radical (unpaired) electrons. The number of rotatable bonds is 10. The van der Waals surface area contributed by atoms with Gasteiger partial charge in [0.05, 0.1) is 18.7 Å². The molecule has 1 heterocycles. The Morgan fingerprint density at radius 1 is 1.11 bits per heavy atom. The number of hydrogen-bond donors (Lipinski definition) is 4. The summed E-state index contributed by atoms with van der Waals surface area (Å²) in [5, 5.41) is 26.2. The molecule has 4 N–H and O–H groups in total. The largest absolute Gasteiger partial charge is 0.493 e. The Bertz CT molecular complexity index is 1040. The standard InChI is InChI=1S/C25H31ClN2O8/c1-14(29)28-20-22(31)21(30)19(36-25(20)34-3)13-27-24(32)16-11-17(26)23(18(12-16)33-2)35-10-9-15-7-5-4-6-8-15/h4-8,11-12,19-22,25,30-31H,9-10,13H2,1-3H3,(H,27,32)(H,28,29)/t19-,20-,21-,22-,25+/m1/s1. The summed E-state index contributed by atoms with van der Waals surface area (Å²) in [5.74, 6) is -0.299. The van der Waals surface area contributed by atoms with Crippen LogP contribution in [0.5, 0.6) is 11.5 Å². The van der Waals surface area contributed by atoms with E-state index >= 15 is 0 Å². The minimum absolute atomic E-state index is 0.140. The first kappa shape index (κ1) is 27.7. The molecule has 3 rings (SSSR count). The van der Waals surface area contributed by atoms with E-state index in [0.29, 0.717) is 24.5 Å². The maximum Gasteiger partial charge on any atom is 0.251 e. The molecule has 2 aromatic carbocycles. The normalized spacial score (nSPS) is 23.6. The van der Waals surface area contributed by atoms with E-state index in [1.165, 1.54) is 33.3 Å². The third kappa shape index (κ3) is 6.86. The summed E-state index contributed by atoms with van der Waals surface area (Å²) in [5.41, 5.74) is 1.32. The van der Waals surface area contributed by atoms with Gasteiger partial charge in [0, 0.05) is 32.6 Å². The maximum absolute atomic E-state index is 12.8. The van der Waals surface area contributed by atoms with Crippen molar-refractivity contribution in [2.75, 3.05) is 27.4 Å². The molecule has 2 amide bonds. The summed E-state index contributed by atoms with van der Waals surface area (Å²) in [6.07, 6.45) is -4.08. The highest BCUT2D eigenvalue weighted by molar-refractivity contribution is 6.32. The zero-order valence-corrected chi connectivity index (χ0v) is 21.0. The van der Waals surface area contributed by atoms with Crippen LogP contribution < -0.4 is 20.1 Å². The van der Waals surface area contributed by atoms with Crippen LogP contribution in [0.25, 0.3) is 0 Å². The van der Waals surface area contributed by atoms with Gasteiger partial charge in [-0.25, -0.2) is 0 Å². The van der Waals surface area contributed by atoms with E-state index in [0.717, 1.165) is 5.56 Å². The van der Waals surface area contributed by atoms with E-state index < -0.39 is 42.5 Å². The molecular formula is C25H31ClN2O8. The van der Waals surface area contributed by atoms with Gasteiger partial charge in [-0.05, 0) is 17.7 Å². The predicted molar refractivity (Wildman–Crippen MR) is 131 cm³/mol. The molecule has 0 unspecified atom stereocenters. The zero-order valence-electron chi connectivity index (χ0n) is 20.3. The van der Waals surface area contributed by atoms with Crippen molar-refractivity contribution in [3.8, 4) is 11.5 Å². The summed E-state index contributed by atoms with van der Waals surface area (Å²) >= 11 is 6.39. The molecular weight excluding hydrogens is 492 g/mol. The number of aliphatic hydroxyl groups excluding tert-OH is 2. The summed E-state index contributed by atoms with van der Waals surface area (Å²) in [7, 11) is 2.79. The second kappa shape index (κ2) is 12.9. The molecule has 10 nitrogen and oxygen atoms in total. The minimum atomic E-state index is -1.38. The number of carbonyl (C=O) groups excluding carboxylic acids is 2. The molecule has 36 heavy (non-hydrogen) atoms. The minimum Gasteiger partial charge on any atom is -0.493 e. The predicted octanol–water partition coefficient (Wildman–Crippen LogP) is 1.30. The van der Waals surface area contributed by atoms with Crippen molar-refractivity contribution < 1.29 is 38.7 Å². The summed E-state index contributed by atoms with van der Waals surface area (Å²) < 4.78 is 22.1. The number of amides is 2. The Hall–Kier alpha value is -2.89. The van der Waals surface area contributed by atoms with Crippen molar-refractivity contribution >= 4 is 23.4 Å². The monoisotopic (exact) mass is 522 g/mol. The third-order valence-corrected chi connectivity index (χ3v) is 6.02. The lowest BCUT2D eigenvalue weighted by molar-refractivity contribution is -0.254. The Morgan fingerprint density at radius 3 is 2.47 bits per heavy atom. The van der Waals surface area contributed by atoms with Crippen LogP contribution in [0.4, 0.5) is 0 Å². The second-order valence-corrected chi connectivity index (χ2v) is 8.68. The fourth-order valence-corrected chi connectivity index (χ4v) is 4.16. The Morgan fingerprint density at radius 2 is 1.83 bits per heavy atom. The molecule has 11 heteroatoms. The lowest BCUT2D eigenvalue weighted by Gasteiger charge is -2.42. The van der Waals surface area contributed by atoms with Crippen molar-refractivity contribution in [2.24, 2.45) is 0 Å². The highest BCUT2D eigenvalue weighted by Gasteiger charge is 2.45. The van der Waals surface area contributed by atoms with Gasteiger partial charge >= 0.3 is 0 Å². The van der Waals surface area contributed by atoms with Gasteiger partial charge in [0.1, 0.15) is 24.4 Å². The van der Waals surface area contributed by atoms with Crippen LogP contribution in [-0.4, -0.2) is 80.0 Å². The second-order valence-electron chi connectivity index (χ2n) is 8.27. The number of halogens is 1. The quantitative estimate of drug-likeness (QED) is 0.366. The van der Waals surface area contributed by atoms with Crippen LogP contribution in [0.1, 0.15) is 22.8 Å². The average molecular weight is 523 g/mol. The number of nitrogens with one attached hydrogen (secondary N) is 2. The van der Waals surface area contributed by atoms with Gasteiger partial charge in [0.15, 0.2) is 17.8 Å². The summed E-state index contributed by atoms with van der Waals surface area (Å²) in [4.78, 5) is 24.2. The van der Waals surface area contributed by atoms with Crippen LogP contribution in [0.2, 0.25) is 5.02 Å². The van der Waals surface area contributed by atoms with Crippen molar-refractivity contribution in [3.05, 3.63) is 58.6 Å². The Balaban J connectivity index is 1.62. The molecule has 1 fully saturated rings. The lowest BCUT2D eigenvalue weighted by atomic mass is 9.96. The van der Waals surface area contributed by atoms with Gasteiger partial charge in [-0.3, -0.25) is 9.59 Å². The van der Waals surface area contributed by atoms with Gasteiger partial charge in [0.2, 0.25) is 5.91 Å². The first-order valence-corrected chi connectivity index (χ1v) is 11.8. The Labute approximate surface area is 214 Å². The molecule has 0 aliphatic carbocycles. The highest BCUT2D eigenvalue weighted by atomic mass is 35.5. The molecule has 196 valence electrons. The topological polar surface area (TPSA) is 136 Å². The van der Waals surface area contributed by atoms with Crippen molar-refractivity contribution in [2.45, 2.75) is 44.0 Å². The number of methoxy groups -OCH3 is 2. The third-order valence-electron chi connectivity index (χ3n) is 5.74. The number of ether oxygens (including phenoxy) is 4. The lowest BCUT2D eigenvalue weighted by Crippen LogP contribution is -2.65. The van der Waals surface area contributed by atoms with Crippen LogP contribution in [-0.2, 0) is 20.7 Å². The van der Waals surface area contributed by atoms with Crippen molar-refractivity contribution in [1.29, 1.82) is 0 Å². The van der Waals surface area contributed by atoms with Crippen molar-refractivity contribution in [1.82, 2.24) is 10.6 Å². The van der Waals surface area contributed by atoms with Crippen LogP contribution in [0.3, 0.4) is 0 Å². The first-order chi connectivity index (χ1) is 17.2. The number of hydrogen-bond acceptors (Lipinski definition) is 8. The number of aliphatic hydroxyl groups is 2. The average Bonchev–Trinajstić information content (AvgIpc) is 2.87. The fourth-order valence-electron chi connectivity index (χ4n) is 3.89. The van der Waals surface area contributed by atoms with Crippen LogP contribution >= 0.6 is 11.6 Å². The summed E-state index contributed by atoms with van der Waals surface area (Å²) in [6.45, 7) is 1.50. The smallest absolute Gasteiger partial charge is 0.251 e. The van der Waals surface area contributed by atoms with Gasteiger partial charge in [0.25, 0.3) is 5.91 Å². The van der Waals surface area contributed by atoms with E-state index in [1.807, 2.05) is 30.3 Å². The summed E-state index contributed by atoms with van der Waals surface area (Å²) in [6, 6.07) is 11.8. The van der Waals surface area contributed by atoms with Crippen molar-refractivity contribution in [3.63, 3.8) is 0 Å². The molecule has 0 saturated carbocycles. The molecule has 1 aliphatic rings. The highest BCUT2D eigenvalue weighted by Crippen LogP contribution is 2.36. The number of benzene rings is 2. The van der Waals surface area contributed by atoms with Gasteiger partial charge < -0.3 is 39.8 Å².